The minimum Gasteiger partial charge on any atom is -0.425 e. The highest BCUT2D eigenvalue weighted by molar-refractivity contribution is 5.96. The number of amides is 1. The molecule has 1 amide bonds. The van der Waals surface area contributed by atoms with E-state index in [1.807, 2.05) is 38.1 Å². The zero-order valence-electron chi connectivity index (χ0n) is 12.1. The van der Waals surface area contributed by atoms with Gasteiger partial charge in [-0.25, -0.2) is 4.79 Å². The summed E-state index contributed by atoms with van der Waals surface area (Å²) in [6, 6.07) is 14.3. The number of esters is 1. The van der Waals surface area contributed by atoms with Crippen LogP contribution in [0.5, 0.6) is 5.75 Å². The van der Waals surface area contributed by atoms with Gasteiger partial charge in [0.2, 0.25) is 0 Å². The fourth-order valence-electron chi connectivity index (χ4n) is 1.73. The maximum Gasteiger partial charge on any atom is 0.330 e. The van der Waals surface area contributed by atoms with Crippen molar-refractivity contribution >= 4 is 11.9 Å². The van der Waals surface area contributed by atoms with Crippen molar-refractivity contribution in [2.45, 2.75) is 13.8 Å². The molecular formula is C17H17NO3. The molecule has 4 nitrogen and oxygen atoms in total. The second kappa shape index (κ2) is 6.70. The first-order chi connectivity index (χ1) is 10.0. The highest BCUT2D eigenvalue weighted by atomic mass is 16.5. The van der Waals surface area contributed by atoms with Gasteiger partial charge in [0.15, 0.2) is 0 Å². The van der Waals surface area contributed by atoms with Crippen LogP contribution in [0.1, 0.15) is 21.5 Å². The molecule has 0 unspecified atom stereocenters. The predicted molar refractivity (Wildman–Crippen MR) is 80.3 cm³/mol. The molecule has 2 aromatic rings. The van der Waals surface area contributed by atoms with Crippen molar-refractivity contribution in [1.29, 1.82) is 0 Å². The number of carbonyl (C=O) groups excluding carboxylic acids is 2. The van der Waals surface area contributed by atoms with Crippen molar-refractivity contribution in [2.24, 2.45) is 0 Å². The van der Waals surface area contributed by atoms with Gasteiger partial charge in [-0.2, -0.15) is 0 Å². The molecule has 0 fully saturated rings. The molecule has 0 spiro atoms. The van der Waals surface area contributed by atoms with Crippen LogP contribution in [0.3, 0.4) is 0 Å². The van der Waals surface area contributed by atoms with Gasteiger partial charge < -0.3 is 10.1 Å². The molecule has 2 rings (SSSR count). The molecule has 0 bridgehead atoms. The number of nitrogens with one attached hydrogen (secondary N) is 1. The number of rotatable bonds is 4. The first-order valence-electron chi connectivity index (χ1n) is 6.67. The third-order valence-corrected chi connectivity index (χ3v) is 2.96. The van der Waals surface area contributed by atoms with E-state index in [4.69, 9.17) is 4.74 Å². The highest BCUT2D eigenvalue weighted by Crippen LogP contribution is 2.11. The number of aryl methyl sites for hydroxylation is 2. The van der Waals surface area contributed by atoms with Crippen molar-refractivity contribution in [2.75, 3.05) is 6.54 Å². The van der Waals surface area contributed by atoms with Crippen LogP contribution in [0.4, 0.5) is 0 Å². The number of hydrogen-bond acceptors (Lipinski definition) is 3. The minimum atomic E-state index is -0.501. The van der Waals surface area contributed by atoms with E-state index < -0.39 is 5.97 Å². The van der Waals surface area contributed by atoms with E-state index in [1.165, 1.54) is 0 Å². The maximum atomic E-state index is 11.8. The average molecular weight is 283 g/mol. The SMILES string of the molecule is Cc1ccc(OC(=O)CNC(=O)c2ccc(C)cc2)cc1. The molecule has 0 radical (unpaired) electrons. The van der Waals surface area contributed by atoms with Crippen LogP contribution in [0.25, 0.3) is 0 Å². The van der Waals surface area contributed by atoms with Crippen molar-refractivity contribution in [3.63, 3.8) is 0 Å². The van der Waals surface area contributed by atoms with Crippen LogP contribution in [0, 0.1) is 13.8 Å². The van der Waals surface area contributed by atoms with Crippen molar-refractivity contribution < 1.29 is 14.3 Å². The van der Waals surface area contributed by atoms with Crippen LogP contribution >= 0.6 is 0 Å². The first-order valence-corrected chi connectivity index (χ1v) is 6.67. The molecular weight excluding hydrogens is 266 g/mol. The predicted octanol–water partition coefficient (Wildman–Crippen LogP) is 2.64. The summed E-state index contributed by atoms with van der Waals surface area (Å²) in [5, 5.41) is 2.54. The fraction of sp³-hybridized carbons (Fsp3) is 0.176. The van der Waals surface area contributed by atoms with E-state index in [0.29, 0.717) is 11.3 Å². The number of ether oxygens (including phenoxy) is 1. The van der Waals surface area contributed by atoms with Gasteiger partial charge in [0.05, 0.1) is 0 Å². The molecule has 0 aliphatic rings. The Morgan fingerprint density at radius 3 is 2.00 bits per heavy atom. The van der Waals surface area contributed by atoms with Gasteiger partial charge in [0.1, 0.15) is 12.3 Å². The second-order valence-corrected chi connectivity index (χ2v) is 4.84. The van der Waals surface area contributed by atoms with Crippen molar-refractivity contribution in [3.8, 4) is 5.75 Å². The average Bonchev–Trinajstić information content (AvgIpc) is 2.48. The third kappa shape index (κ3) is 4.45. The van der Waals surface area contributed by atoms with E-state index in [-0.39, 0.29) is 12.5 Å². The van der Waals surface area contributed by atoms with Crippen LogP contribution in [0.15, 0.2) is 48.5 Å². The summed E-state index contributed by atoms with van der Waals surface area (Å²) in [7, 11) is 0. The topological polar surface area (TPSA) is 55.4 Å². The van der Waals surface area contributed by atoms with E-state index >= 15 is 0 Å². The lowest BCUT2D eigenvalue weighted by atomic mass is 10.1. The molecule has 0 aliphatic heterocycles. The van der Waals surface area contributed by atoms with Crippen LogP contribution in [-0.2, 0) is 4.79 Å². The summed E-state index contributed by atoms with van der Waals surface area (Å²) in [6.07, 6.45) is 0. The van der Waals surface area contributed by atoms with Gasteiger partial charge in [-0.05, 0) is 38.1 Å². The summed E-state index contributed by atoms with van der Waals surface area (Å²) >= 11 is 0. The van der Waals surface area contributed by atoms with Crippen LogP contribution in [-0.4, -0.2) is 18.4 Å². The zero-order chi connectivity index (χ0) is 15.2. The molecule has 21 heavy (non-hydrogen) atoms. The Labute approximate surface area is 123 Å². The summed E-state index contributed by atoms with van der Waals surface area (Å²) in [5.74, 6) is -0.328. The molecule has 4 heteroatoms. The smallest absolute Gasteiger partial charge is 0.330 e. The van der Waals surface area contributed by atoms with Gasteiger partial charge in [-0.15, -0.1) is 0 Å². The van der Waals surface area contributed by atoms with Gasteiger partial charge >= 0.3 is 5.97 Å². The minimum absolute atomic E-state index is 0.166. The standard InChI is InChI=1S/C17H17NO3/c1-12-3-7-14(8-4-12)17(20)18-11-16(19)21-15-9-5-13(2)6-10-15/h3-10H,11H2,1-2H3,(H,18,20). The first kappa shape index (κ1) is 14.8. The van der Waals surface area contributed by atoms with Crippen LogP contribution < -0.4 is 10.1 Å². The third-order valence-electron chi connectivity index (χ3n) is 2.96. The van der Waals surface area contributed by atoms with Crippen molar-refractivity contribution in [3.05, 3.63) is 65.2 Å². The molecule has 0 atom stereocenters. The lowest BCUT2D eigenvalue weighted by molar-refractivity contribution is -0.133. The Morgan fingerprint density at radius 2 is 1.43 bits per heavy atom. The second-order valence-electron chi connectivity index (χ2n) is 4.84. The maximum absolute atomic E-state index is 11.8. The Kier molecular flexibility index (Phi) is 4.72. The molecule has 1 N–H and O–H groups in total. The Hall–Kier alpha value is -2.62. The lowest BCUT2D eigenvalue weighted by Gasteiger charge is -2.06. The fourth-order valence-corrected chi connectivity index (χ4v) is 1.73. The largest absolute Gasteiger partial charge is 0.425 e. The van der Waals surface area contributed by atoms with E-state index in [0.717, 1.165) is 11.1 Å². The van der Waals surface area contributed by atoms with Crippen molar-refractivity contribution in [1.82, 2.24) is 5.32 Å². The summed E-state index contributed by atoms with van der Waals surface area (Å²) < 4.78 is 5.12. The molecule has 108 valence electrons. The number of carbonyl (C=O) groups is 2. The lowest BCUT2D eigenvalue weighted by Crippen LogP contribution is -2.31. The molecule has 0 heterocycles. The monoisotopic (exact) mass is 283 g/mol. The van der Waals surface area contributed by atoms with Gasteiger partial charge in [-0.3, -0.25) is 4.79 Å². The molecule has 0 saturated carbocycles. The molecule has 0 aromatic heterocycles. The quantitative estimate of drug-likeness (QED) is 0.693. The molecule has 0 saturated heterocycles. The Morgan fingerprint density at radius 1 is 0.905 bits per heavy atom. The normalized spacial score (nSPS) is 10.0. The van der Waals surface area contributed by atoms with E-state index in [2.05, 4.69) is 5.32 Å². The zero-order valence-corrected chi connectivity index (χ0v) is 12.1. The Bertz CT molecular complexity index is 630. The summed E-state index contributed by atoms with van der Waals surface area (Å²) in [6.45, 7) is 3.73. The van der Waals surface area contributed by atoms with E-state index in [9.17, 15) is 9.59 Å². The highest BCUT2D eigenvalue weighted by Gasteiger charge is 2.09. The van der Waals surface area contributed by atoms with E-state index in [1.54, 1.807) is 24.3 Å². The number of hydrogen-bond donors (Lipinski definition) is 1. The Balaban J connectivity index is 1.84. The van der Waals surface area contributed by atoms with Crippen LogP contribution in [0.2, 0.25) is 0 Å². The summed E-state index contributed by atoms with van der Waals surface area (Å²) in [5.41, 5.74) is 2.68. The summed E-state index contributed by atoms with van der Waals surface area (Å²) in [4.78, 5) is 23.5. The number of benzene rings is 2. The van der Waals surface area contributed by atoms with Gasteiger partial charge in [0.25, 0.3) is 5.91 Å². The van der Waals surface area contributed by atoms with Gasteiger partial charge in [-0.1, -0.05) is 35.4 Å². The van der Waals surface area contributed by atoms with Gasteiger partial charge in [0, 0.05) is 5.56 Å². The molecule has 0 aliphatic carbocycles. The molecule has 2 aromatic carbocycles.